The largest absolute Gasteiger partial charge is 0.496 e. The molecule has 0 aromatic heterocycles. The highest BCUT2D eigenvalue weighted by Crippen LogP contribution is 2.27. The smallest absolute Gasteiger partial charge is 0.259 e. The number of carbonyl (C=O) groups is 2. The van der Waals surface area contributed by atoms with Gasteiger partial charge in [0.1, 0.15) is 5.75 Å². The molecule has 10 heteroatoms. The second-order valence-corrected chi connectivity index (χ2v) is 9.60. The van der Waals surface area contributed by atoms with Gasteiger partial charge in [0.2, 0.25) is 10.0 Å². The summed E-state index contributed by atoms with van der Waals surface area (Å²) >= 11 is 0. The van der Waals surface area contributed by atoms with Crippen molar-refractivity contribution in [1.29, 1.82) is 0 Å². The number of nitrogens with zero attached hydrogens (tertiary/aromatic N) is 1. The van der Waals surface area contributed by atoms with Crippen LogP contribution in [-0.2, 0) is 14.8 Å². The maximum absolute atomic E-state index is 13.2. The van der Waals surface area contributed by atoms with Crippen LogP contribution in [0.2, 0.25) is 0 Å². The fourth-order valence-corrected chi connectivity index (χ4v) is 4.78. The van der Waals surface area contributed by atoms with Crippen LogP contribution in [0.5, 0.6) is 5.75 Å². The summed E-state index contributed by atoms with van der Waals surface area (Å²) in [7, 11) is -2.40. The highest BCUT2D eigenvalue weighted by Gasteiger charge is 2.28. The zero-order chi connectivity index (χ0) is 24.0. The van der Waals surface area contributed by atoms with E-state index in [1.165, 1.54) is 29.6 Å². The number of carbonyl (C=O) groups excluding carboxylic acids is 2. The number of para-hydroxylation sites is 1. The number of methoxy groups -OCH3 is 1. The topological polar surface area (TPSA) is 114 Å². The summed E-state index contributed by atoms with van der Waals surface area (Å²) in [4.78, 5) is 25.8. The van der Waals surface area contributed by atoms with Crippen LogP contribution in [0.3, 0.4) is 0 Å². The van der Waals surface area contributed by atoms with Crippen LogP contribution >= 0.6 is 0 Å². The van der Waals surface area contributed by atoms with Gasteiger partial charge in [-0.2, -0.15) is 4.31 Å². The Hall–Kier alpha value is -2.95. The summed E-state index contributed by atoms with van der Waals surface area (Å²) in [5.41, 5.74) is 0.665. The lowest BCUT2D eigenvalue weighted by atomic mass is 10.1. The minimum absolute atomic E-state index is 0.0156. The first-order chi connectivity index (χ1) is 15.8. The monoisotopic (exact) mass is 475 g/mol. The molecule has 0 aliphatic carbocycles. The Labute approximate surface area is 194 Å². The average Bonchev–Trinajstić information content (AvgIpc) is 2.84. The maximum atomic E-state index is 13.2. The number of anilines is 1. The second kappa shape index (κ2) is 10.8. The van der Waals surface area contributed by atoms with Crippen LogP contribution in [-0.4, -0.2) is 64.0 Å². The van der Waals surface area contributed by atoms with E-state index in [1.807, 2.05) is 13.8 Å². The Morgan fingerprint density at radius 2 is 1.79 bits per heavy atom. The van der Waals surface area contributed by atoms with E-state index in [9.17, 15) is 18.0 Å². The minimum atomic E-state index is -3.80. The van der Waals surface area contributed by atoms with Crippen LogP contribution < -0.4 is 15.4 Å². The van der Waals surface area contributed by atoms with Crippen molar-refractivity contribution in [3.05, 3.63) is 53.6 Å². The molecule has 1 fully saturated rings. The number of sulfonamides is 1. The maximum Gasteiger partial charge on any atom is 0.259 e. The van der Waals surface area contributed by atoms with Gasteiger partial charge in [-0.25, -0.2) is 8.42 Å². The Morgan fingerprint density at radius 1 is 1.09 bits per heavy atom. The Balaban J connectivity index is 1.90. The van der Waals surface area contributed by atoms with Crippen molar-refractivity contribution in [3.63, 3.8) is 0 Å². The van der Waals surface area contributed by atoms with Gasteiger partial charge in [0.05, 0.1) is 42.0 Å². The summed E-state index contributed by atoms with van der Waals surface area (Å²) in [6.07, 6.45) is 0.766. The number of amides is 2. The van der Waals surface area contributed by atoms with E-state index < -0.39 is 15.9 Å². The standard InChI is InChI=1S/C23H29N3O6S/c1-4-16(2)24-22(27)18-7-5-6-8-20(18)25-23(28)19-15-17(9-10-21(19)31-3)33(29,30)26-11-13-32-14-12-26/h5-10,15-16H,4,11-14H2,1-3H3,(H,24,27)(H,25,28). The quantitative estimate of drug-likeness (QED) is 0.606. The SMILES string of the molecule is CCC(C)NC(=O)c1ccccc1NC(=O)c1cc(S(=O)(=O)N2CCOCC2)ccc1OC. The van der Waals surface area contributed by atoms with E-state index in [2.05, 4.69) is 10.6 Å². The lowest BCUT2D eigenvalue weighted by Crippen LogP contribution is -2.40. The average molecular weight is 476 g/mol. The number of morpholine rings is 1. The van der Waals surface area contributed by atoms with Crippen LogP contribution in [0.1, 0.15) is 41.0 Å². The summed E-state index contributed by atoms with van der Waals surface area (Å²) in [5.74, 6) is -0.680. The van der Waals surface area contributed by atoms with E-state index in [0.29, 0.717) is 24.5 Å². The fraction of sp³-hybridized carbons (Fsp3) is 0.391. The number of ether oxygens (including phenoxy) is 2. The summed E-state index contributed by atoms with van der Waals surface area (Å²) < 4.78 is 37.9. The molecule has 1 aliphatic heterocycles. The normalized spacial score (nSPS) is 15.5. The first kappa shape index (κ1) is 24.7. The van der Waals surface area contributed by atoms with Gasteiger partial charge in [0.15, 0.2) is 0 Å². The summed E-state index contributed by atoms with van der Waals surface area (Å²) in [6, 6.07) is 10.8. The van der Waals surface area contributed by atoms with Crippen molar-refractivity contribution in [2.75, 3.05) is 38.7 Å². The number of hydrogen-bond donors (Lipinski definition) is 2. The fourth-order valence-electron chi connectivity index (χ4n) is 3.34. The molecule has 3 rings (SSSR count). The highest BCUT2D eigenvalue weighted by molar-refractivity contribution is 7.89. The van der Waals surface area contributed by atoms with Crippen molar-refractivity contribution in [2.45, 2.75) is 31.2 Å². The molecule has 0 saturated carbocycles. The van der Waals surface area contributed by atoms with Crippen molar-refractivity contribution < 1.29 is 27.5 Å². The lowest BCUT2D eigenvalue weighted by Gasteiger charge is -2.26. The molecule has 2 aromatic carbocycles. The van der Waals surface area contributed by atoms with E-state index >= 15 is 0 Å². The zero-order valence-electron chi connectivity index (χ0n) is 19.0. The molecule has 1 saturated heterocycles. The number of nitrogens with one attached hydrogen (secondary N) is 2. The van der Waals surface area contributed by atoms with E-state index in [1.54, 1.807) is 24.3 Å². The molecular formula is C23H29N3O6S. The van der Waals surface area contributed by atoms with Gasteiger partial charge < -0.3 is 20.1 Å². The third-order valence-electron chi connectivity index (χ3n) is 5.43. The molecule has 178 valence electrons. The minimum Gasteiger partial charge on any atom is -0.496 e. The van der Waals surface area contributed by atoms with Gasteiger partial charge in [0, 0.05) is 19.1 Å². The van der Waals surface area contributed by atoms with E-state index in [-0.39, 0.29) is 41.2 Å². The van der Waals surface area contributed by atoms with E-state index in [0.717, 1.165) is 6.42 Å². The molecule has 9 nitrogen and oxygen atoms in total. The first-order valence-electron chi connectivity index (χ1n) is 10.7. The Kier molecular flexibility index (Phi) is 8.06. The van der Waals surface area contributed by atoms with Gasteiger partial charge in [-0.3, -0.25) is 9.59 Å². The molecule has 0 spiro atoms. The van der Waals surface area contributed by atoms with Crippen molar-refractivity contribution in [3.8, 4) is 5.75 Å². The second-order valence-electron chi connectivity index (χ2n) is 7.66. The number of hydrogen-bond acceptors (Lipinski definition) is 6. The van der Waals surface area contributed by atoms with Gasteiger partial charge >= 0.3 is 0 Å². The van der Waals surface area contributed by atoms with Crippen LogP contribution in [0.25, 0.3) is 0 Å². The summed E-state index contributed by atoms with van der Waals surface area (Å²) in [6.45, 7) is 4.98. The van der Waals surface area contributed by atoms with Crippen LogP contribution in [0.4, 0.5) is 5.69 Å². The third-order valence-corrected chi connectivity index (χ3v) is 7.33. The summed E-state index contributed by atoms with van der Waals surface area (Å²) in [5, 5.41) is 5.60. The highest BCUT2D eigenvalue weighted by atomic mass is 32.2. The van der Waals surface area contributed by atoms with Crippen LogP contribution in [0, 0.1) is 0 Å². The zero-order valence-corrected chi connectivity index (χ0v) is 19.8. The Morgan fingerprint density at radius 3 is 2.45 bits per heavy atom. The molecule has 1 atom stereocenters. The molecule has 1 heterocycles. The molecular weight excluding hydrogens is 446 g/mol. The van der Waals surface area contributed by atoms with Gasteiger partial charge in [0.25, 0.3) is 11.8 Å². The number of benzene rings is 2. The van der Waals surface area contributed by atoms with Crippen molar-refractivity contribution in [2.24, 2.45) is 0 Å². The predicted molar refractivity (Wildman–Crippen MR) is 124 cm³/mol. The molecule has 1 aliphatic rings. The predicted octanol–water partition coefficient (Wildman–Crippen LogP) is 2.50. The molecule has 1 unspecified atom stereocenters. The van der Waals surface area contributed by atoms with Gasteiger partial charge in [-0.05, 0) is 43.7 Å². The third kappa shape index (κ3) is 5.70. The molecule has 2 amide bonds. The Bertz CT molecular complexity index is 1110. The van der Waals surface area contributed by atoms with Crippen molar-refractivity contribution in [1.82, 2.24) is 9.62 Å². The molecule has 0 bridgehead atoms. The molecule has 2 aromatic rings. The molecule has 0 radical (unpaired) electrons. The van der Waals surface area contributed by atoms with Crippen molar-refractivity contribution >= 4 is 27.5 Å². The van der Waals surface area contributed by atoms with Crippen LogP contribution in [0.15, 0.2) is 47.4 Å². The number of rotatable bonds is 8. The van der Waals surface area contributed by atoms with E-state index in [4.69, 9.17) is 9.47 Å². The van der Waals surface area contributed by atoms with Gasteiger partial charge in [-0.15, -0.1) is 0 Å². The molecule has 33 heavy (non-hydrogen) atoms. The van der Waals surface area contributed by atoms with Gasteiger partial charge in [-0.1, -0.05) is 19.1 Å². The first-order valence-corrected chi connectivity index (χ1v) is 12.2. The lowest BCUT2D eigenvalue weighted by molar-refractivity contribution is 0.0730. The molecule has 2 N–H and O–H groups in total.